The fourth-order valence-electron chi connectivity index (χ4n) is 2.34. The SMILES string of the molecule is CC(C)(C)OC(=O)N1CCN(S(=O)(=O)c2ccc(Br)c(C#N)c2)CC1. The quantitative estimate of drug-likeness (QED) is 0.720. The lowest BCUT2D eigenvalue weighted by atomic mass is 10.2. The predicted molar refractivity (Wildman–Crippen MR) is 95.4 cm³/mol. The van der Waals surface area contributed by atoms with Crippen molar-refractivity contribution in [1.82, 2.24) is 9.21 Å². The second-order valence-corrected chi connectivity index (χ2v) is 9.42. The van der Waals surface area contributed by atoms with E-state index >= 15 is 0 Å². The summed E-state index contributed by atoms with van der Waals surface area (Å²) in [5.74, 6) is 0. The van der Waals surface area contributed by atoms with Gasteiger partial charge in [0.15, 0.2) is 0 Å². The number of rotatable bonds is 2. The topological polar surface area (TPSA) is 90.7 Å². The summed E-state index contributed by atoms with van der Waals surface area (Å²) in [6.07, 6.45) is -0.444. The van der Waals surface area contributed by atoms with Gasteiger partial charge in [0.1, 0.15) is 11.7 Å². The molecule has 7 nitrogen and oxygen atoms in total. The second kappa shape index (κ2) is 7.32. The Hall–Kier alpha value is -1.63. The minimum atomic E-state index is -3.71. The van der Waals surface area contributed by atoms with Gasteiger partial charge in [-0.15, -0.1) is 0 Å². The molecule has 25 heavy (non-hydrogen) atoms. The van der Waals surface area contributed by atoms with Gasteiger partial charge in [0.25, 0.3) is 0 Å². The van der Waals surface area contributed by atoms with E-state index in [9.17, 15) is 13.2 Å². The van der Waals surface area contributed by atoms with Crippen LogP contribution >= 0.6 is 15.9 Å². The summed E-state index contributed by atoms with van der Waals surface area (Å²) in [7, 11) is -3.71. The van der Waals surface area contributed by atoms with Gasteiger partial charge in [-0.3, -0.25) is 0 Å². The first kappa shape index (κ1) is 19.7. The molecule has 1 aliphatic rings. The molecule has 1 saturated heterocycles. The molecule has 0 atom stereocenters. The van der Waals surface area contributed by atoms with Crippen molar-refractivity contribution in [2.45, 2.75) is 31.3 Å². The van der Waals surface area contributed by atoms with Crippen LogP contribution in [0.1, 0.15) is 26.3 Å². The van der Waals surface area contributed by atoms with Crippen LogP contribution in [0.3, 0.4) is 0 Å². The maximum absolute atomic E-state index is 12.7. The Labute approximate surface area is 156 Å². The molecule has 1 fully saturated rings. The number of carbonyl (C=O) groups excluding carboxylic acids is 1. The Bertz CT molecular complexity index is 804. The van der Waals surface area contributed by atoms with Crippen molar-refractivity contribution in [1.29, 1.82) is 5.26 Å². The van der Waals surface area contributed by atoms with Crippen LogP contribution in [-0.4, -0.2) is 55.5 Å². The van der Waals surface area contributed by atoms with Gasteiger partial charge in [-0.2, -0.15) is 9.57 Å². The smallest absolute Gasteiger partial charge is 0.410 e. The van der Waals surface area contributed by atoms with Crippen molar-refractivity contribution >= 4 is 32.0 Å². The number of nitrogens with zero attached hydrogens (tertiary/aromatic N) is 3. The normalized spacial score (nSPS) is 16.4. The highest BCUT2D eigenvalue weighted by atomic mass is 79.9. The van der Waals surface area contributed by atoms with Crippen molar-refractivity contribution in [3.63, 3.8) is 0 Å². The molecule has 0 radical (unpaired) electrons. The molecule has 0 saturated carbocycles. The third-order valence-corrected chi connectivity index (χ3v) is 6.17. The van der Waals surface area contributed by atoms with E-state index in [1.165, 1.54) is 21.3 Å². The van der Waals surface area contributed by atoms with E-state index in [1.54, 1.807) is 26.8 Å². The number of ether oxygens (including phenoxy) is 1. The van der Waals surface area contributed by atoms with E-state index in [4.69, 9.17) is 10.00 Å². The third kappa shape index (κ3) is 4.71. The van der Waals surface area contributed by atoms with E-state index in [0.717, 1.165) is 0 Å². The van der Waals surface area contributed by atoms with E-state index in [2.05, 4.69) is 15.9 Å². The van der Waals surface area contributed by atoms with Gasteiger partial charge in [-0.1, -0.05) is 0 Å². The van der Waals surface area contributed by atoms with Crippen LogP contribution in [0.15, 0.2) is 27.6 Å². The minimum Gasteiger partial charge on any atom is -0.444 e. The number of nitriles is 1. The maximum Gasteiger partial charge on any atom is 0.410 e. The monoisotopic (exact) mass is 429 g/mol. The molecular weight excluding hydrogens is 410 g/mol. The lowest BCUT2D eigenvalue weighted by Crippen LogP contribution is -2.51. The number of hydrogen-bond donors (Lipinski definition) is 0. The summed E-state index contributed by atoms with van der Waals surface area (Å²) in [6, 6.07) is 6.30. The molecule has 0 aliphatic carbocycles. The van der Waals surface area contributed by atoms with Gasteiger partial charge in [-0.25, -0.2) is 13.2 Å². The number of carbonyl (C=O) groups is 1. The zero-order valence-corrected chi connectivity index (χ0v) is 16.7. The zero-order chi connectivity index (χ0) is 18.8. The Kier molecular flexibility index (Phi) is 5.76. The second-order valence-electron chi connectivity index (χ2n) is 6.62. The van der Waals surface area contributed by atoms with Crippen molar-refractivity contribution in [3.8, 4) is 6.07 Å². The van der Waals surface area contributed by atoms with Gasteiger partial charge in [0.05, 0.1) is 10.5 Å². The zero-order valence-electron chi connectivity index (χ0n) is 14.3. The number of piperazine rings is 1. The summed E-state index contributed by atoms with van der Waals surface area (Å²) in [5, 5.41) is 9.06. The van der Waals surface area contributed by atoms with Crippen LogP contribution < -0.4 is 0 Å². The molecule has 1 heterocycles. The Morgan fingerprint density at radius 1 is 1.24 bits per heavy atom. The first-order valence-corrected chi connectivity index (χ1v) is 9.95. The summed E-state index contributed by atoms with van der Waals surface area (Å²) in [4.78, 5) is 13.6. The molecular formula is C16H20BrN3O4S. The van der Waals surface area contributed by atoms with E-state index in [-0.39, 0.29) is 36.6 Å². The molecule has 0 bridgehead atoms. The van der Waals surface area contributed by atoms with E-state index in [1.807, 2.05) is 6.07 Å². The molecule has 0 unspecified atom stereocenters. The fourth-order valence-corrected chi connectivity index (χ4v) is 4.12. The van der Waals surface area contributed by atoms with Crippen LogP contribution in [0.5, 0.6) is 0 Å². The fraction of sp³-hybridized carbons (Fsp3) is 0.500. The number of halogens is 1. The standard InChI is InChI=1S/C16H20BrN3O4S/c1-16(2,3)24-15(21)19-6-8-20(9-7-19)25(22,23)13-4-5-14(17)12(10-13)11-18/h4-5,10H,6-9H2,1-3H3. The van der Waals surface area contributed by atoms with Gasteiger partial charge in [0.2, 0.25) is 10.0 Å². The van der Waals surface area contributed by atoms with Crippen LogP contribution in [0.2, 0.25) is 0 Å². The van der Waals surface area contributed by atoms with Gasteiger partial charge in [0, 0.05) is 30.7 Å². The highest BCUT2D eigenvalue weighted by molar-refractivity contribution is 9.10. The summed E-state index contributed by atoms with van der Waals surface area (Å²) in [5.41, 5.74) is -0.334. The van der Waals surface area contributed by atoms with Crippen LogP contribution in [0, 0.1) is 11.3 Å². The van der Waals surface area contributed by atoms with Crippen molar-refractivity contribution in [3.05, 3.63) is 28.2 Å². The average molecular weight is 430 g/mol. The average Bonchev–Trinajstić information content (AvgIpc) is 2.53. The lowest BCUT2D eigenvalue weighted by molar-refractivity contribution is 0.0192. The Morgan fingerprint density at radius 3 is 2.36 bits per heavy atom. The first-order valence-electron chi connectivity index (χ1n) is 7.72. The van der Waals surface area contributed by atoms with Gasteiger partial charge < -0.3 is 9.64 Å². The molecule has 0 aromatic heterocycles. The molecule has 0 N–H and O–H groups in total. The number of benzene rings is 1. The third-order valence-electron chi connectivity index (χ3n) is 3.59. The summed E-state index contributed by atoms with van der Waals surface area (Å²) >= 11 is 3.21. The Balaban J connectivity index is 2.09. The highest BCUT2D eigenvalue weighted by Crippen LogP contribution is 2.24. The van der Waals surface area contributed by atoms with Crippen LogP contribution in [0.25, 0.3) is 0 Å². The Morgan fingerprint density at radius 2 is 1.84 bits per heavy atom. The minimum absolute atomic E-state index is 0.0676. The molecule has 1 amide bonds. The maximum atomic E-state index is 12.7. The van der Waals surface area contributed by atoms with Crippen molar-refractivity contribution in [2.24, 2.45) is 0 Å². The van der Waals surface area contributed by atoms with Crippen LogP contribution in [0.4, 0.5) is 4.79 Å². The van der Waals surface area contributed by atoms with Crippen LogP contribution in [-0.2, 0) is 14.8 Å². The van der Waals surface area contributed by atoms with Gasteiger partial charge >= 0.3 is 6.09 Å². The van der Waals surface area contributed by atoms with Crippen molar-refractivity contribution < 1.29 is 17.9 Å². The molecule has 136 valence electrons. The molecule has 1 aromatic carbocycles. The lowest BCUT2D eigenvalue weighted by Gasteiger charge is -2.35. The summed E-state index contributed by atoms with van der Waals surface area (Å²) in [6.45, 7) is 6.23. The van der Waals surface area contributed by atoms with E-state index < -0.39 is 21.7 Å². The number of sulfonamides is 1. The molecule has 2 rings (SSSR count). The predicted octanol–water partition coefficient (Wildman–Crippen LogP) is 2.56. The highest BCUT2D eigenvalue weighted by Gasteiger charge is 2.32. The van der Waals surface area contributed by atoms with Gasteiger partial charge in [-0.05, 0) is 54.9 Å². The first-order chi connectivity index (χ1) is 11.5. The number of hydrogen-bond acceptors (Lipinski definition) is 5. The number of amides is 1. The van der Waals surface area contributed by atoms with E-state index in [0.29, 0.717) is 4.47 Å². The molecule has 9 heteroatoms. The molecule has 1 aliphatic heterocycles. The van der Waals surface area contributed by atoms with Crippen molar-refractivity contribution in [2.75, 3.05) is 26.2 Å². The molecule has 1 aromatic rings. The largest absolute Gasteiger partial charge is 0.444 e. The summed E-state index contributed by atoms with van der Waals surface area (Å²) < 4.78 is 32.6. The molecule has 0 spiro atoms.